The summed E-state index contributed by atoms with van der Waals surface area (Å²) in [5.74, 6) is 0.467. The molecule has 0 bridgehead atoms. The van der Waals surface area contributed by atoms with Crippen LogP contribution in [-0.2, 0) is 0 Å². The third-order valence-electron chi connectivity index (χ3n) is 1.49. The second-order valence-corrected chi connectivity index (χ2v) is 3.11. The van der Waals surface area contributed by atoms with E-state index in [0.29, 0.717) is 22.9 Å². The number of nitriles is 1. The molecule has 14 heavy (non-hydrogen) atoms. The summed E-state index contributed by atoms with van der Waals surface area (Å²) < 4.78 is 5.27. The summed E-state index contributed by atoms with van der Waals surface area (Å²) >= 11 is 11.1. The van der Waals surface area contributed by atoms with E-state index in [2.05, 4.69) is 0 Å². The fourth-order valence-corrected chi connectivity index (χ4v) is 1.12. The highest BCUT2D eigenvalue weighted by Gasteiger charge is 2.02. The van der Waals surface area contributed by atoms with Gasteiger partial charge in [0.2, 0.25) is 0 Å². The van der Waals surface area contributed by atoms with E-state index in [9.17, 15) is 0 Å². The second-order valence-electron chi connectivity index (χ2n) is 2.42. The van der Waals surface area contributed by atoms with Crippen molar-refractivity contribution in [2.45, 2.75) is 0 Å². The standard InChI is InChI=1S/C10H7Cl2NO/c11-4-1-5-14-10-6-9(12)3-2-8(10)7-13/h1-4,6H,5H2/b4-1+. The minimum absolute atomic E-state index is 0.318. The van der Waals surface area contributed by atoms with Crippen LogP contribution in [0.25, 0.3) is 0 Å². The summed E-state index contributed by atoms with van der Waals surface area (Å²) in [6, 6.07) is 6.86. The van der Waals surface area contributed by atoms with Crippen molar-refractivity contribution in [2.24, 2.45) is 0 Å². The molecular weight excluding hydrogens is 221 g/mol. The summed E-state index contributed by atoms with van der Waals surface area (Å²) in [4.78, 5) is 0. The topological polar surface area (TPSA) is 33.0 Å². The Bertz CT molecular complexity index is 382. The maximum absolute atomic E-state index is 8.75. The minimum atomic E-state index is 0.318. The number of ether oxygens (including phenoxy) is 1. The van der Waals surface area contributed by atoms with E-state index in [1.54, 1.807) is 24.3 Å². The third kappa shape index (κ3) is 2.95. The molecule has 4 heteroatoms. The van der Waals surface area contributed by atoms with E-state index in [4.69, 9.17) is 33.2 Å². The van der Waals surface area contributed by atoms with E-state index < -0.39 is 0 Å². The highest BCUT2D eigenvalue weighted by molar-refractivity contribution is 6.30. The molecule has 0 spiro atoms. The molecule has 0 unspecified atom stereocenters. The van der Waals surface area contributed by atoms with Gasteiger partial charge in [-0.25, -0.2) is 0 Å². The van der Waals surface area contributed by atoms with Crippen LogP contribution >= 0.6 is 23.2 Å². The Morgan fingerprint density at radius 3 is 2.93 bits per heavy atom. The molecule has 0 saturated heterocycles. The van der Waals surface area contributed by atoms with Crippen LogP contribution in [-0.4, -0.2) is 6.61 Å². The predicted molar refractivity (Wildman–Crippen MR) is 56.7 cm³/mol. The summed E-state index contributed by atoms with van der Waals surface area (Å²) in [5.41, 5.74) is 1.81. The molecule has 72 valence electrons. The Kier molecular flexibility index (Phi) is 4.31. The van der Waals surface area contributed by atoms with Crippen LogP contribution in [0.1, 0.15) is 5.56 Å². The monoisotopic (exact) mass is 227 g/mol. The van der Waals surface area contributed by atoms with Crippen LogP contribution in [0.15, 0.2) is 29.8 Å². The molecule has 0 aliphatic heterocycles. The van der Waals surface area contributed by atoms with E-state index in [0.717, 1.165) is 0 Å². The second kappa shape index (κ2) is 5.54. The maximum Gasteiger partial charge on any atom is 0.139 e. The lowest BCUT2D eigenvalue weighted by Gasteiger charge is -2.04. The normalized spacial score (nSPS) is 10.1. The zero-order valence-corrected chi connectivity index (χ0v) is 8.72. The first-order chi connectivity index (χ1) is 6.77. The molecule has 0 aliphatic rings. The first-order valence-electron chi connectivity index (χ1n) is 3.85. The van der Waals surface area contributed by atoms with Crippen LogP contribution in [0.5, 0.6) is 5.75 Å². The molecule has 0 fully saturated rings. The Labute approximate surface area is 92.3 Å². The first kappa shape index (κ1) is 10.9. The van der Waals surface area contributed by atoms with Gasteiger partial charge in [-0.3, -0.25) is 0 Å². The van der Waals surface area contributed by atoms with Gasteiger partial charge in [0, 0.05) is 16.6 Å². The fourth-order valence-electron chi connectivity index (χ4n) is 0.882. The van der Waals surface area contributed by atoms with Crippen LogP contribution in [0.2, 0.25) is 5.02 Å². The molecule has 1 rings (SSSR count). The molecule has 2 nitrogen and oxygen atoms in total. The molecule has 1 aromatic rings. The quantitative estimate of drug-likeness (QED) is 0.794. The predicted octanol–water partition coefficient (Wildman–Crippen LogP) is 3.34. The van der Waals surface area contributed by atoms with Crippen molar-refractivity contribution in [1.82, 2.24) is 0 Å². The van der Waals surface area contributed by atoms with Gasteiger partial charge in [-0.2, -0.15) is 5.26 Å². The number of nitrogens with zero attached hydrogens (tertiary/aromatic N) is 1. The van der Waals surface area contributed by atoms with Crippen molar-refractivity contribution in [3.8, 4) is 11.8 Å². The first-order valence-corrected chi connectivity index (χ1v) is 4.67. The Hall–Kier alpha value is -1.17. The van der Waals surface area contributed by atoms with E-state index in [1.165, 1.54) is 5.54 Å². The van der Waals surface area contributed by atoms with Crippen molar-refractivity contribution < 1.29 is 4.74 Å². The number of rotatable bonds is 3. The van der Waals surface area contributed by atoms with Crippen molar-refractivity contribution in [1.29, 1.82) is 5.26 Å². The molecule has 0 N–H and O–H groups in total. The highest BCUT2D eigenvalue weighted by atomic mass is 35.5. The van der Waals surface area contributed by atoms with Gasteiger partial charge in [0.05, 0.1) is 5.56 Å². The van der Waals surface area contributed by atoms with E-state index in [1.807, 2.05) is 6.07 Å². The fraction of sp³-hybridized carbons (Fsp3) is 0.100. The Morgan fingerprint density at radius 2 is 2.29 bits per heavy atom. The SMILES string of the molecule is N#Cc1ccc(Cl)cc1OC/C=C/Cl. The highest BCUT2D eigenvalue weighted by Crippen LogP contribution is 2.22. The van der Waals surface area contributed by atoms with Crippen molar-refractivity contribution >= 4 is 23.2 Å². The molecule has 0 aliphatic carbocycles. The van der Waals surface area contributed by atoms with Gasteiger partial charge in [0.15, 0.2) is 0 Å². The molecule has 0 amide bonds. The van der Waals surface area contributed by atoms with Gasteiger partial charge in [0.25, 0.3) is 0 Å². The number of benzene rings is 1. The zero-order chi connectivity index (χ0) is 10.4. The van der Waals surface area contributed by atoms with Crippen molar-refractivity contribution in [3.63, 3.8) is 0 Å². The van der Waals surface area contributed by atoms with Gasteiger partial charge < -0.3 is 4.74 Å². The van der Waals surface area contributed by atoms with Crippen LogP contribution in [0.4, 0.5) is 0 Å². The summed E-state index contributed by atoms with van der Waals surface area (Å²) in [6.45, 7) is 0.318. The molecule has 0 atom stereocenters. The van der Waals surface area contributed by atoms with Gasteiger partial charge in [-0.1, -0.05) is 23.2 Å². The Morgan fingerprint density at radius 1 is 1.50 bits per heavy atom. The average molecular weight is 228 g/mol. The minimum Gasteiger partial charge on any atom is -0.488 e. The molecule has 0 aromatic heterocycles. The molecule has 0 radical (unpaired) electrons. The average Bonchev–Trinajstić information content (AvgIpc) is 2.19. The van der Waals surface area contributed by atoms with Gasteiger partial charge in [-0.05, 0) is 18.2 Å². The lowest BCUT2D eigenvalue weighted by Crippen LogP contribution is -1.95. The largest absolute Gasteiger partial charge is 0.488 e. The van der Waals surface area contributed by atoms with Crippen molar-refractivity contribution in [2.75, 3.05) is 6.61 Å². The van der Waals surface area contributed by atoms with Gasteiger partial charge in [0.1, 0.15) is 18.4 Å². The molecule has 0 saturated carbocycles. The number of halogens is 2. The van der Waals surface area contributed by atoms with Crippen LogP contribution < -0.4 is 4.74 Å². The molecule has 1 aromatic carbocycles. The zero-order valence-electron chi connectivity index (χ0n) is 7.21. The molecule has 0 heterocycles. The van der Waals surface area contributed by atoms with Crippen LogP contribution in [0, 0.1) is 11.3 Å². The summed E-state index contributed by atoms with van der Waals surface area (Å²) in [6.07, 6.45) is 1.63. The maximum atomic E-state index is 8.75. The van der Waals surface area contributed by atoms with Gasteiger partial charge >= 0.3 is 0 Å². The Balaban J connectivity index is 2.83. The van der Waals surface area contributed by atoms with Crippen LogP contribution in [0.3, 0.4) is 0 Å². The van der Waals surface area contributed by atoms with Crippen molar-refractivity contribution in [3.05, 3.63) is 40.4 Å². The number of hydrogen-bond donors (Lipinski definition) is 0. The number of hydrogen-bond acceptors (Lipinski definition) is 2. The molecular formula is C10H7Cl2NO. The summed E-state index contributed by atoms with van der Waals surface area (Å²) in [7, 11) is 0. The lowest BCUT2D eigenvalue weighted by molar-refractivity contribution is 0.362. The lowest BCUT2D eigenvalue weighted by atomic mass is 10.2. The van der Waals surface area contributed by atoms with Gasteiger partial charge in [-0.15, -0.1) is 0 Å². The third-order valence-corrected chi connectivity index (χ3v) is 1.90. The smallest absolute Gasteiger partial charge is 0.139 e. The van der Waals surface area contributed by atoms with E-state index >= 15 is 0 Å². The summed E-state index contributed by atoms with van der Waals surface area (Å²) in [5, 5.41) is 9.28. The van der Waals surface area contributed by atoms with E-state index in [-0.39, 0.29) is 0 Å².